The second-order valence-corrected chi connectivity index (χ2v) is 5.89. The van der Waals surface area contributed by atoms with E-state index in [0.717, 1.165) is 16.5 Å². The number of hydrogen-bond acceptors (Lipinski definition) is 5. The van der Waals surface area contributed by atoms with E-state index in [1.807, 2.05) is 26.0 Å². The molecule has 0 aliphatic rings. The monoisotopic (exact) mass is 355 g/mol. The van der Waals surface area contributed by atoms with E-state index in [2.05, 4.69) is 5.32 Å². The van der Waals surface area contributed by atoms with Gasteiger partial charge < -0.3 is 23.9 Å². The highest BCUT2D eigenvalue weighted by Crippen LogP contribution is 2.34. The topological polar surface area (TPSA) is 69.9 Å². The van der Waals surface area contributed by atoms with Crippen LogP contribution < -0.4 is 19.5 Å². The Hall–Kier alpha value is -3.15. The average Bonchev–Trinajstić information content (AvgIpc) is 2.99. The molecule has 1 aromatic heterocycles. The van der Waals surface area contributed by atoms with Crippen molar-refractivity contribution in [2.24, 2.45) is 0 Å². The third kappa shape index (κ3) is 3.06. The Morgan fingerprint density at radius 2 is 1.65 bits per heavy atom. The minimum absolute atomic E-state index is 0.266. The van der Waals surface area contributed by atoms with Gasteiger partial charge in [0.15, 0.2) is 17.3 Å². The number of nitrogens with one attached hydrogen (secondary N) is 1. The normalized spacial score (nSPS) is 10.7. The zero-order valence-corrected chi connectivity index (χ0v) is 15.4. The largest absolute Gasteiger partial charge is 0.497 e. The van der Waals surface area contributed by atoms with Crippen LogP contribution in [0.4, 0.5) is 5.69 Å². The van der Waals surface area contributed by atoms with E-state index >= 15 is 0 Å². The highest BCUT2D eigenvalue weighted by Gasteiger charge is 2.20. The zero-order valence-electron chi connectivity index (χ0n) is 15.4. The molecular formula is C20H21NO5. The first kappa shape index (κ1) is 17.7. The predicted octanol–water partition coefficient (Wildman–Crippen LogP) is 4.33. The van der Waals surface area contributed by atoms with Gasteiger partial charge in [0.25, 0.3) is 5.91 Å². The predicted molar refractivity (Wildman–Crippen MR) is 99.7 cm³/mol. The summed E-state index contributed by atoms with van der Waals surface area (Å²) >= 11 is 0. The number of carbonyl (C=O) groups is 1. The fourth-order valence-electron chi connectivity index (χ4n) is 2.84. The first-order chi connectivity index (χ1) is 12.5. The molecule has 0 atom stereocenters. The second-order valence-electron chi connectivity index (χ2n) is 5.89. The van der Waals surface area contributed by atoms with Crippen molar-refractivity contribution >= 4 is 22.6 Å². The van der Waals surface area contributed by atoms with E-state index in [1.54, 1.807) is 39.5 Å². The van der Waals surface area contributed by atoms with E-state index in [0.29, 0.717) is 28.5 Å². The number of fused-ring (bicyclic) bond motifs is 1. The van der Waals surface area contributed by atoms with Gasteiger partial charge in [-0.15, -0.1) is 0 Å². The first-order valence-corrected chi connectivity index (χ1v) is 8.09. The van der Waals surface area contributed by atoms with Crippen molar-refractivity contribution in [2.45, 2.75) is 13.8 Å². The number of carbonyl (C=O) groups excluding carboxylic acids is 1. The van der Waals surface area contributed by atoms with Crippen LogP contribution in [-0.2, 0) is 0 Å². The zero-order chi connectivity index (χ0) is 18.8. The molecule has 6 heteroatoms. The number of benzene rings is 2. The summed E-state index contributed by atoms with van der Waals surface area (Å²) in [6.07, 6.45) is 0. The Bertz CT molecular complexity index is 974. The van der Waals surface area contributed by atoms with Gasteiger partial charge in [-0.1, -0.05) is 0 Å². The molecule has 1 amide bonds. The van der Waals surface area contributed by atoms with Gasteiger partial charge in [-0.05, 0) is 43.7 Å². The SMILES string of the molecule is COc1ccc2oc(C(=O)Nc3cc(OC)c(OC)cc3C)c(C)c2c1. The summed E-state index contributed by atoms with van der Waals surface area (Å²) in [6.45, 7) is 3.73. The number of furan rings is 1. The minimum atomic E-state index is -0.326. The third-order valence-corrected chi connectivity index (χ3v) is 4.33. The molecule has 0 aliphatic heterocycles. The van der Waals surface area contributed by atoms with E-state index in [-0.39, 0.29) is 11.7 Å². The highest BCUT2D eigenvalue weighted by molar-refractivity contribution is 6.07. The Kier molecular flexibility index (Phi) is 4.75. The van der Waals surface area contributed by atoms with Crippen molar-refractivity contribution in [3.05, 3.63) is 47.2 Å². The number of methoxy groups -OCH3 is 3. The van der Waals surface area contributed by atoms with Crippen molar-refractivity contribution in [3.63, 3.8) is 0 Å². The van der Waals surface area contributed by atoms with Crippen molar-refractivity contribution in [2.75, 3.05) is 26.6 Å². The molecule has 0 spiro atoms. The van der Waals surface area contributed by atoms with Gasteiger partial charge in [0.1, 0.15) is 11.3 Å². The van der Waals surface area contributed by atoms with Crippen molar-refractivity contribution in [1.82, 2.24) is 0 Å². The van der Waals surface area contributed by atoms with Crippen LogP contribution in [0.15, 0.2) is 34.7 Å². The lowest BCUT2D eigenvalue weighted by Gasteiger charge is -2.13. The quantitative estimate of drug-likeness (QED) is 0.738. The van der Waals surface area contributed by atoms with Gasteiger partial charge >= 0.3 is 0 Å². The summed E-state index contributed by atoms with van der Waals surface area (Å²) in [5.41, 5.74) is 2.88. The van der Waals surface area contributed by atoms with Crippen molar-refractivity contribution < 1.29 is 23.4 Å². The molecule has 1 N–H and O–H groups in total. The molecule has 0 unspecified atom stereocenters. The molecule has 0 bridgehead atoms. The van der Waals surface area contributed by atoms with Gasteiger partial charge in [-0.25, -0.2) is 0 Å². The number of rotatable bonds is 5. The van der Waals surface area contributed by atoms with E-state index in [9.17, 15) is 4.79 Å². The van der Waals surface area contributed by atoms with E-state index in [4.69, 9.17) is 18.6 Å². The van der Waals surface area contributed by atoms with Crippen molar-refractivity contribution in [3.8, 4) is 17.2 Å². The summed E-state index contributed by atoms with van der Waals surface area (Å²) in [5, 5.41) is 3.73. The Labute approximate surface area is 151 Å². The fraction of sp³-hybridized carbons (Fsp3) is 0.250. The van der Waals surface area contributed by atoms with Crippen molar-refractivity contribution in [1.29, 1.82) is 0 Å². The smallest absolute Gasteiger partial charge is 0.291 e. The molecule has 0 saturated heterocycles. The molecular weight excluding hydrogens is 334 g/mol. The van der Waals surface area contributed by atoms with Gasteiger partial charge in [0, 0.05) is 22.7 Å². The Balaban J connectivity index is 1.96. The van der Waals surface area contributed by atoms with Crippen LogP contribution in [0.25, 0.3) is 11.0 Å². The Morgan fingerprint density at radius 3 is 2.31 bits per heavy atom. The van der Waals surface area contributed by atoms with Gasteiger partial charge in [-0.3, -0.25) is 4.79 Å². The molecule has 0 aliphatic carbocycles. The van der Waals surface area contributed by atoms with Crippen LogP contribution in [0, 0.1) is 13.8 Å². The van der Waals surface area contributed by atoms with Crippen LogP contribution in [0.2, 0.25) is 0 Å². The number of ether oxygens (including phenoxy) is 3. The fourth-order valence-corrected chi connectivity index (χ4v) is 2.84. The summed E-state index contributed by atoms with van der Waals surface area (Å²) < 4.78 is 21.6. The Morgan fingerprint density at radius 1 is 0.962 bits per heavy atom. The average molecular weight is 355 g/mol. The second kappa shape index (κ2) is 7.00. The van der Waals surface area contributed by atoms with Crippen LogP contribution in [0.5, 0.6) is 17.2 Å². The highest BCUT2D eigenvalue weighted by atomic mass is 16.5. The molecule has 6 nitrogen and oxygen atoms in total. The van der Waals surface area contributed by atoms with Gasteiger partial charge in [0.05, 0.1) is 21.3 Å². The lowest BCUT2D eigenvalue weighted by molar-refractivity contribution is 0.0998. The summed E-state index contributed by atoms with van der Waals surface area (Å²) in [7, 11) is 4.72. The van der Waals surface area contributed by atoms with Crippen LogP contribution >= 0.6 is 0 Å². The standard InChI is InChI=1S/C20H21NO5/c1-11-8-17(24-4)18(25-5)10-15(11)21-20(22)19-12(2)14-9-13(23-3)6-7-16(14)26-19/h6-10H,1-5H3,(H,21,22). The summed E-state index contributed by atoms with van der Waals surface area (Å²) in [4.78, 5) is 12.8. The third-order valence-electron chi connectivity index (χ3n) is 4.33. The lowest BCUT2D eigenvalue weighted by Crippen LogP contribution is -2.13. The van der Waals surface area contributed by atoms with Crippen LogP contribution in [-0.4, -0.2) is 27.2 Å². The molecule has 0 radical (unpaired) electrons. The molecule has 0 saturated carbocycles. The molecule has 3 rings (SSSR count). The maximum atomic E-state index is 12.8. The first-order valence-electron chi connectivity index (χ1n) is 8.09. The molecule has 3 aromatic rings. The van der Waals surface area contributed by atoms with E-state index in [1.165, 1.54) is 0 Å². The van der Waals surface area contributed by atoms with Gasteiger partial charge in [0.2, 0.25) is 0 Å². The molecule has 136 valence electrons. The number of amides is 1. The maximum Gasteiger partial charge on any atom is 0.291 e. The molecule has 2 aromatic carbocycles. The number of aryl methyl sites for hydroxylation is 2. The molecule has 26 heavy (non-hydrogen) atoms. The van der Waals surface area contributed by atoms with Crippen LogP contribution in [0.1, 0.15) is 21.7 Å². The molecule has 0 fully saturated rings. The van der Waals surface area contributed by atoms with Crippen LogP contribution in [0.3, 0.4) is 0 Å². The van der Waals surface area contributed by atoms with E-state index < -0.39 is 0 Å². The van der Waals surface area contributed by atoms with Gasteiger partial charge in [-0.2, -0.15) is 0 Å². The number of anilines is 1. The summed E-state index contributed by atoms with van der Waals surface area (Å²) in [5.74, 6) is 1.80. The number of hydrogen-bond donors (Lipinski definition) is 1. The minimum Gasteiger partial charge on any atom is -0.497 e. The summed E-state index contributed by atoms with van der Waals surface area (Å²) in [6, 6.07) is 8.98. The lowest BCUT2D eigenvalue weighted by atomic mass is 10.1. The maximum absolute atomic E-state index is 12.8. The molecule has 1 heterocycles.